The number of nitrogens with one attached hydrogen (secondary N) is 1. The third kappa shape index (κ3) is 2.83. The number of hydrogen-bond donors (Lipinski definition) is 2. The van der Waals surface area contributed by atoms with Crippen LogP contribution < -0.4 is 11.1 Å². The number of nitrogen functional groups attached to an aromatic ring is 1. The van der Waals surface area contributed by atoms with Crippen molar-refractivity contribution in [1.29, 1.82) is 0 Å². The maximum Gasteiger partial charge on any atom is 0.124 e. The van der Waals surface area contributed by atoms with Crippen LogP contribution in [-0.4, -0.2) is 4.98 Å². The van der Waals surface area contributed by atoms with Gasteiger partial charge in [0.1, 0.15) is 5.82 Å². The average Bonchev–Trinajstić information content (AvgIpc) is 2.42. The fraction of sp³-hybridized carbons (Fsp3) is 0.0625. The van der Waals surface area contributed by atoms with Gasteiger partial charge in [0.25, 0.3) is 0 Å². The lowest BCUT2D eigenvalue weighted by Crippen LogP contribution is -1.96. The first kappa shape index (κ1) is 13.8. The molecular weight excluding hydrogens is 333 g/mol. The average molecular weight is 346 g/mol. The molecule has 0 unspecified atom stereocenters. The molecular formula is C16H13BrFN3. The molecule has 3 rings (SSSR count). The number of hydrogen-bond acceptors (Lipinski definition) is 3. The Kier molecular flexibility index (Phi) is 3.51. The van der Waals surface area contributed by atoms with E-state index in [2.05, 4.69) is 26.2 Å². The summed E-state index contributed by atoms with van der Waals surface area (Å²) in [5.74, 6) is -0.285. The van der Waals surface area contributed by atoms with Crippen molar-refractivity contribution >= 4 is 43.9 Å². The number of aryl methyl sites for hydroxylation is 1. The topological polar surface area (TPSA) is 50.9 Å². The zero-order valence-electron chi connectivity index (χ0n) is 11.3. The van der Waals surface area contributed by atoms with E-state index < -0.39 is 0 Å². The molecule has 5 heteroatoms. The zero-order chi connectivity index (χ0) is 15.0. The van der Waals surface area contributed by atoms with Gasteiger partial charge < -0.3 is 11.1 Å². The molecule has 0 bridgehead atoms. The molecule has 0 amide bonds. The second kappa shape index (κ2) is 5.33. The van der Waals surface area contributed by atoms with Gasteiger partial charge in [-0.15, -0.1) is 0 Å². The van der Waals surface area contributed by atoms with Crippen molar-refractivity contribution in [2.24, 2.45) is 0 Å². The number of pyridine rings is 1. The lowest BCUT2D eigenvalue weighted by atomic mass is 10.1. The summed E-state index contributed by atoms with van der Waals surface area (Å²) in [5, 5.41) is 4.23. The fourth-order valence-corrected chi connectivity index (χ4v) is 2.67. The molecule has 106 valence electrons. The van der Waals surface area contributed by atoms with Gasteiger partial charge in [-0.3, -0.25) is 4.98 Å². The second-order valence-electron chi connectivity index (χ2n) is 4.84. The van der Waals surface area contributed by atoms with Gasteiger partial charge in [-0.1, -0.05) is 0 Å². The standard InChI is InChI=1S/C16H13BrFN3/c1-9-6-16(12-8-11(19)3-5-14(12)20-9)21-15-4-2-10(18)7-13(15)17/h2-8H,19H2,1H3,(H,20,21). The van der Waals surface area contributed by atoms with Crippen molar-refractivity contribution in [3.8, 4) is 0 Å². The largest absolute Gasteiger partial charge is 0.399 e. The van der Waals surface area contributed by atoms with E-state index in [1.165, 1.54) is 12.1 Å². The van der Waals surface area contributed by atoms with E-state index >= 15 is 0 Å². The van der Waals surface area contributed by atoms with Crippen molar-refractivity contribution in [2.45, 2.75) is 6.92 Å². The van der Waals surface area contributed by atoms with E-state index in [-0.39, 0.29) is 5.82 Å². The smallest absolute Gasteiger partial charge is 0.124 e. The van der Waals surface area contributed by atoms with Crippen LogP contribution in [0.4, 0.5) is 21.5 Å². The molecule has 0 spiro atoms. The van der Waals surface area contributed by atoms with Crippen LogP contribution >= 0.6 is 15.9 Å². The molecule has 0 aliphatic rings. The van der Waals surface area contributed by atoms with E-state index in [9.17, 15) is 4.39 Å². The van der Waals surface area contributed by atoms with Crippen molar-refractivity contribution in [3.63, 3.8) is 0 Å². The maximum absolute atomic E-state index is 13.2. The molecule has 21 heavy (non-hydrogen) atoms. The quantitative estimate of drug-likeness (QED) is 0.657. The van der Waals surface area contributed by atoms with E-state index in [1.807, 2.05) is 31.2 Å². The van der Waals surface area contributed by atoms with Crippen molar-refractivity contribution in [1.82, 2.24) is 4.98 Å². The number of anilines is 3. The molecule has 1 heterocycles. The van der Waals surface area contributed by atoms with Crippen LogP contribution in [0, 0.1) is 12.7 Å². The molecule has 0 saturated heterocycles. The Morgan fingerprint density at radius 3 is 2.67 bits per heavy atom. The highest BCUT2D eigenvalue weighted by Gasteiger charge is 2.07. The van der Waals surface area contributed by atoms with Crippen LogP contribution in [0.15, 0.2) is 46.9 Å². The Bertz CT molecular complexity index is 833. The number of rotatable bonds is 2. The third-order valence-corrected chi connectivity index (χ3v) is 3.82. The Labute approximate surface area is 130 Å². The van der Waals surface area contributed by atoms with Crippen LogP contribution in [0.5, 0.6) is 0 Å². The Hall–Kier alpha value is -2.14. The predicted octanol–water partition coefficient (Wildman–Crippen LogP) is 4.77. The summed E-state index contributed by atoms with van der Waals surface area (Å²) in [6.07, 6.45) is 0. The summed E-state index contributed by atoms with van der Waals surface area (Å²) in [7, 11) is 0. The van der Waals surface area contributed by atoms with Crippen molar-refractivity contribution < 1.29 is 4.39 Å². The highest BCUT2D eigenvalue weighted by molar-refractivity contribution is 9.10. The highest BCUT2D eigenvalue weighted by atomic mass is 79.9. The lowest BCUT2D eigenvalue weighted by molar-refractivity contribution is 0.627. The monoisotopic (exact) mass is 345 g/mol. The van der Waals surface area contributed by atoms with Gasteiger partial charge in [0, 0.05) is 26.9 Å². The normalized spacial score (nSPS) is 10.8. The number of aromatic nitrogens is 1. The van der Waals surface area contributed by atoms with Crippen LogP contribution in [0.1, 0.15) is 5.69 Å². The zero-order valence-corrected chi connectivity index (χ0v) is 12.9. The summed E-state index contributed by atoms with van der Waals surface area (Å²) in [6.45, 7) is 1.93. The molecule has 3 N–H and O–H groups in total. The summed E-state index contributed by atoms with van der Waals surface area (Å²) < 4.78 is 13.8. The van der Waals surface area contributed by atoms with Gasteiger partial charge >= 0.3 is 0 Å². The Balaban J connectivity index is 2.13. The molecule has 0 radical (unpaired) electrons. The molecule has 0 aliphatic heterocycles. The van der Waals surface area contributed by atoms with Crippen LogP contribution in [0.2, 0.25) is 0 Å². The van der Waals surface area contributed by atoms with Gasteiger partial charge in [-0.25, -0.2) is 4.39 Å². The Morgan fingerprint density at radius 1 is 1.10 bits per heavy atom. The molecule has 0 fully saturated rings. The van der Waals surface area contributed by atoms with Gasteiger partial charge in [-0.2, -0.15) is 0 Å². The predicted molar refractivity (Wildman–Crippen MR) is 88.3 cm³/mol. The minimum atomic E-state index is -0.285. The minimum Gasteiger partial charge on any atom is -0.399 e. The maximum atomic E-state index is 13.2. The summed E-state index contributed by atoms with van der Waals surface area (Å²) >= 11 is 3.36. The summed E-state index contributed by atoms with van der Waals surface area (Å²) in [4.78, 5) is 4.49. The Morgan fingerprint density at radius 2 is 1.90 bits per heavy atom. The van der Waals surface area contributed by atoms with Gasteiger partial charge in [0.15, 0.2) is 0 Å². The first-order valence-corrected chi connectivity index (χ1v) is 7.21. The number of benzene rings is 2. The van der Waals surface area contributed by atoms with Crippen LogP contribution in [0.3, 0.4) is 0 Å². The van der Waals surface area contributed by atoms with Crippen molar-refractivity contribution in [3.05, 3.63) is 58.4 Å². The van der Waals surface area contributed by atoms with E-state index in [1.54, 1.807) is 6.07 Å². The molecule has 0 atom stereocenters. The van der Waals surface area contributed by atoms with E-state index in [4.69, 9.17) is 5.73 Å². The highest BCUT2D eigenvalue weighted by Crippen LogP contribution is 2.31. The number of nitrogens with two attached hydrogens (primary N) is 1. The number of nitrogens with zero attached hydrogens (tertiary/aromatic N) is 1. The van der Waals surface area contributed by atoms with Crippen molar-refractivity contribution in [2.75, 3.05) is 11.1 Å². The summed E-state index contributed by atoms with van der Waals surface area (Å²) in [6, 6.07) is 12.1. The molecule has 2 aromatic carbocycles. The van der Waals surface area contributed by atoms with Gasteiger partial charge in [0.05, 0.1) is 11.2 Å². The number of halogens is 2. The molecule has 3 nitrogen and oxygen atoms in total. The van der Waals surface area contributed by atoms with Gasteiger partial charge in [-0.05, 0) is 65.3 Å². The first-order valence-electron chi connectivity index (χ1n) is 6.42. The lowest BCUT2D eigenvalue weighted by Gasteiger charge is -2.12. The minimum absolute atomic E-state index is 0.285. The molecule has 3 aromatic rings. The van der Waals surface area contributed by atoms with E-state index in [0.717, 1.165) is 28.0 Å². The van der Waals surface area contributed by atoms with Crippen LogP contribution in [-0.2, 0) is 0 Å². The third-order valence-electron chi connectivity index (χ3n) is 3.16. The first-order chi connectivity index (χ1) is 10.0. The number of fused-ring (bicyclic) bond motifs is 1. The molecule has 0 aliphatic carbocycles. The van der Waals surface area contributed by atoms with E-state index in [0.29, 0.717) is 10.2 Å². The SMILES string of the molecule is Cc1cc(Nc2ccc(F)cc2Br)c2cc(N)ccc2n1. The molecule has 0 saturated carbocycles. The molecule has 1 aromatic heterocycles. The summed E-state index contributed by atoms with van der Waals surface area (Å²) in [5.41, 5.74) is 9.97. The van der Waals surface area contributed by atoms with Gasteiger partial charge in [0.2, 0.25) is 0 Å². The van der Waals surface area contributed by atoms with Crippen LogP contribution in [0.25, 0.3) is 10.9 Å². The fourth-order valence-electron chi connectivity index (χ4n) is 2.22. The second-order valence-corrected chi connectivity index (χ2v) is 5.69.